The van der Waals surface area contributed by atoms with Gasteiger partial charge < -0.3 is 18.8 Å². The summed E-state index contributed by atoms with van der Waals surface area (Å²) in [5.41, 5.74) is -0.252. The minimum absolute atomic E-state index is 0.130. The fourth-order valence-corrected chi connectivity index (χ4v) is 3.69. The van der Waals surface area contributed by atoms with Crippen LogP contribution in [0.2, 0.25) is 0 Å². The molecule has 7 nitrogen and oxygen atoms in total. The van der Waals surface area contributed by atoms with Crippen LogP contribution in [0.3, 0.4) is 0 Å². The monoisotopic (exact) mass is 411 g/mol. The van der Waals surface area contributed by atoms with Gasteiger partial charge in [0.05, 0.1) is 24.6 Å². The molecule has 1 N–H and O–H groups in total. The van der Waals surface area contributed by atoms with Crippen LogP contribution in [-0.4, -0.2) is 22.8 Å². The predicted molar refractivity (Wildman–Crippen MR) is 113 cm³/mol. The summed E-state index contributed by atoms with van der Waals surface area (Å²) in [5, 5.41) is 11.3. The number of hydrogen-bond acceptors (Lipinski definition) is 6. The van der Waals surface area contributed by atoms with Crippen LogP contribution in [0.1, 0.15) is 43.1 Å². The smallest absolute Gasteiger partial charge is 0.343 e. The lowest BCUT2D eigenvalue weighted by atomic mass is 9.88. The molecule has 2 heterocycles. The summed E-state index contributed by atoms with van der Waals surface area (Å²) in [5.74, 6) is -1.51. The van der Waals surface area contributed by atoms with Crippen LogP contribution in [-0.2, 0) is 16.1 Å². The maximum absolute atomic E-state index is 13.5. The van der Waals surface area contributed by atoms with E-state index in [9.17, 15) is 19.5 Å². The van der Waals surface area contributed by atoms with Crippen LogP contribution in [0, 0.1) is 12.8 Å². The number of esters is 1. The van der Waals surface area contributed by atoms with E-state index < -0.39 is 17.5 Å². The number of pyridine rings is 1. The van der Waals surface area contributed by atoms with Crippen molar-refractivity contribution in [3.8, 4) is 5.75 Å². The molecule has 0 unspecified atom stereocenters. The van der Waals surface area contributed by atoms with E-state index in [0.29, 0.717) is 6.54 Å². The van der Waals surface area contributed by atoms with Crippen molar-refractivity contribution in [3.05, 3.63) is 74.1 Å². The Morgan fingerprint density at radius 1 is 1.20 bits per heavy atom. The largest absolute Gasteiger partial charge is 0.507 e. The molecule has 30 heavy (non-hydrogen) atoms. The second-order valence-electron chi connectivity index (χ2n) is 7.74. The topological polar surface area (TPSA) is 98.7 Å². The van der Waals surface area contributed by atoms with Crippen molar-refractivity contribution in [2.45, 2.75) is 39.7 Å². The minimum Gasteiger partial charge on any atom is -0.507 e. The Balaban J connectivity index is 2.34. The summed E-state index contributed by atoms with van der Waals surface area (Å²) in [4.78, 5) is 38.2. The Bertz CT molecular complexity index is 1200. The van der Waals surface area contributed by atoms with Gasteiger partial charge in [0.2, 0.25) is 0 Å². The molecule has 158 valence electrons. The molecule has 0 saturated heterocycles. The van der Waals surface area contributed by atoms with Crippen LogP contribution in [0.15, 0.2) is 50.4 Å². The Morgan fingerprint density at radius 2 is 1.90 bits per heavy atom. The van der Waals surface area contributed by atoms with Gasteiger partial charge in [0, 0.05) is 24.1 Å². The van der Waals surface area contributed by atoms with Gasteiger partial charge in [-0.25, -0.2) is 4.79 Å². The average molecular weight is 411 g/mol. The highest BCUT2D eigenvalue weighted by Gasteiger charge is 2.29. The molecular weight excluding hydrogens is 386 g/mol. The van der Waals surface area contributed by atoms with Gasteiger partial charge in [0.15, 0.2) is 0 Å². The van der Waals surface area contributed by atoms with Gasteiger partial charge >= 0.3 is 11.6 Å². The molecule has 3 aromatic rings. The van der Waals surface area contributed by atoms with Crippen LogP contribution >= 0.6 is 0 Å². The number of methoxy groups -OCH3 is 1. The first-order valence-corrected chi connectivity index (χ1v) is 9.75. The Kier molecular flexibility index (Phi) is 6.10. The molecule has 0 bridgehead atoms. The first kappa shape index (κ1) is 21.4. The summed E-state index contributed by atoms with van der Waals surface area (Å²) in [6.45, 7) is 6.00. The summed E-state index contributed by atoms with van der Waals surface area (Å²) < 4.78 is 11.6. The zero-order valence-corrected chi connectivity index (χ0v) is 17.5. The van der Waals surface area contributed by atoms with Crippen molar-refractivity contribution in [2.24, 2.45) is 5.92 Å². The number of para-hydroxylation sites is 1. The van der Waals surface area contributed by atoms with Gasteiger partial charge in [0.25, 0.3) is 5.56 Å². The number of carbonyl (C=O) groups is 1. The lowest BCUT2D eigenvalue weighted by Crippen LogP contribution is -2.30. The molecule has 0 aliphatic rings. The SMILES string of the molecule is COC(=O)C[C@@H](c1c(O)cc(C)oc1=O)c1cc2ccccc2n(CC(C)C)c1=O. The maximum atomic E-state index is 13.5. The third kappa shape index (κ3) is 4.15. The van der Waals surface area contributed by atoms with Crippen molar-refractivity contribution in [2.75, 3.05) is 7.11 Å². The molecule has 1 atom stereocenters. The number of hydrogen-bond donors (Lipinski definition) is 1. The van der Waals surface area contributed by atoms with E-state index in [-0.39, 0.29) is 40.5 Å². The average Bonchev–Trinajstić information content (AvgIpc) is 2.68. The molecule has 0 aliphatic heterocycles. The highest BCUT2D eigenvalue weighted by molar-refractivity contribution is 5.80. The third-order valence-corrected chi connectivity index (χ3v) is 4.99. The van der Waals surface area contributed by atoms with Crippen molar-refractivity contribution in [1.29, 1.82) is 0 Å². The number of benzene rings is 1. The number of aromatic hydroxyl groups is 1. The van der Waals surface area contributed by atoms with Crippen LogP contribution in [0.25, 0.3) is 10.9 Å². The highest BCUT2D eigenvalue weighted by Crippen LogP contribution is 2.32. The second kappa shape index (κ2) is 8.57. The van der Waals surface area contributed by atoms with E-state index >= 15 is 0 Å². The number of fused-ring (bicyclic) bond motifs is 1. The Hall–Kier alpha value is -3.35. The third-order valence-electron chi connectivity index (χ3n) is 4.99. The summed E-state index contributed by atoms with van der Waals surface area (Å²) in [7, 11) is 1.23. The molecule has 0 spiro atoms. The number of nitrogens with zero attached hydrogens (tertiary/aromatic N) is 1. The van der Waals surface area contributed by atoms with E-state index in [1.165, 1.54) is 20.1 Å². The molecule has 7 heteroatoms. The van der Waals surface area contributed by atoms with Crippen molar-refractivity contribution < 1.29 is 19.1 Å². The molecular formula is C23H25NO6. The minimum atomic E-state index is -1.01. The molecule has 0 amide bonds. The van der Waals surface area contributed by atoms with Gasteiger partial charge in [-0.05, 0) is 30.4 Å². The normalized spacial score (nSPS) is 12.3. The van der Waals surface area contributed by atoms with E-state index in [4.69, 9.17) is 9.15 Å². The molecule has 0 radical (unpaired) electrons. The molecule has 1 aromatic carbocycles. The van der Waals surface area contributed by atoms with Crippen molar-refractivity contribution >= 4 is 16.9 Å². The number of aryl methyl sites for hydroxylation is 1. The van der Waals surface area contributed by atoms with Gasteiger partial charge in [-0.3, -0.25) is 9.59 Å². The Labute approximate surface area is 173 Å². The standard InChI is InChI=1S/C23H25NO6/c1-13(2)12-24-18-8-6-5-7-15(18)10-17(22(24)27)16(11-20(26)29-4)21-19(25)9-14(3)30-23(21)28/h5-10,13,16,25H,11-12H2,1-4H3/t16-/m1/s1. The summed E-state index contributed by atoms with van der Waals surface area (Å²) >= 11 is 0. The fourth-order valence-electron chi connectivity index (χ4n) is 3.69. The van der Waals surface area contributed by atoms with Gasteiger partial charge in [-0.2, -0.15) is 0 Å². The first-order valence-electron chi connectivity index (χ1n) is 9.75. The lowest BCUT2D eigenvalue weighted by Gasteiger charge is -2.20. The molecule has 0 aliphatic carbocycles. The predicted octanol–water partition coefficient (Wildman–Crippen LogP) is 3.32. The lowest BCUT2D eigenvalue weighted by molar-refractivity contribution is -0.140. The van der Waals surface area contributed by atoms with Gasteiger partial charge in [-0.15, -0.1) is 0 Å². The van der Waals surface area contributed by atoms with Gasteiger partial charge in [0.1, 0.15) is 11.5 Å². The van der Waals surface area contributed by atoms with E-state index in [1.807, 2.05) is 38.1 Å². The zero-order chi connectivity index (χ0) is 22.0. The molecule has 0 fully saturated rings. The van der Waals surface area contributed by atoms with Crippen LogP contribution in [0.4, 0.5) is 0 Å². The molecule has 2 aromatic heterocycles. The summed E-state index contributed by atoms with van der Waals surface area (Å²) in [6.07, 6.45) is -0.285. The second-order valence-corrected chi connectivity index (χ2v) is 7.74. The van der Waals surface area contributed by atoms with E-state index in [1.54, 1.807) is 10.6 Å². The zero-order valence-electron chi connectivity index (χ0n) is 17.5. The van der Waals surface area contributed by atoms with Crippen LogP contribution in [0.5, 0.6) is 5.75 Å². The number of ether oxygens (including phenoxy) is 1. The molecule has 3 rings (SSSR count). The number of rotatable bonds is 6. The quantitative estimate of drug-likeness (QED) is 0.625. The highest BCUT2D eigenvalue weighted by atomic mass is 16.5. The number of aromatic nitrogens is 1. The van der Waals surface area contributed by atoms with Gasteiger partial charge in [-0.1, -0.05) is 32.0 Å². The fraction of sp³-hybridized carbons (Fsp3) is 0.348. The van der Waals surface area contributed by atoms with E-state index in [0.717, 1.165) is 10.9 Å². The Morgan fingerprint density at radius 3 is 2.53 bits per heavy atom. The summed E-state index contributed by atoms with van der Waals surface area (Å²) in [6, 6.07) is 10.4. The number of carbonyl (C=O) groups excluding carboxylic acids is 1. The van der Waals surface area contributed by atoms with Crippen molar-refractivity contribution in [3.63, 3.8) is 0 Å². The van der Waals surface area contributed by atoms with Crippen molar-refractivity contribution in [1.82, 2.24) is 4.57 Å². The maximum Gasteiger partial charge on any atom is 0.343 e. The first-order chi connectivity index (χ1) is 14.2. The molecule has 0 saturated carbocycles. The van der Waals surface area contributed by atoms with E-state index in [2.05, 4.69) is 0 Å². The van der Waals surface area contributed by atoms with Crippen LogP contribution < -0.4 is 11.2 Å².